The number of carbonyl (C=O) groups is 2. The number of esters is 1. The van der Waals surface area contributed by atoms with Crippen LogP contribution < -0.4 is 10.9 Å². The van der Waals surface area contributed by atoms with Gasteiger partial charge in [0, 0.05) is 29.1 Å². The molecule has 6 rings (SSSR count). The molecule has 2 atom stereocenters. The lowest BCUT2D eigenvalue weighted by Gasteiger charge is -2.31. The number of hydrogen-bond donors (Lipinski definition) is 3. The summed E-state index contributed by atoms with van der Waals surface area (Å²) >= 11 is 0. The molecule has 1 amide bonds. The average molecular weight is 508 g/mol. The number of nitrogens with one attached hydrogen (secondary N) is 1. The number of benzene rings is 1. The van der Waals surface area contributed by atoms with Crippen molar-refractivity contribution in [3.8, 4) is 11.4 Å². The van der Waals surface area contributed by atoms with Gasteiger partial charge in [-0.15, -0.1) is 0 Å². The summed E-state index contributed by atoms with van der Waals surface area (Å²) < 4.78 is 21.6. The summed E-state index contributed by atoms with van der Waals surface area (Å²) in [5, 5.41) is 23.8. The van der Waals surface area contributed by atoms with Gasteiger partial charge in [-0.25, -0.2) is 14.2 Å². The SMILES string of the molecule is CC[C@@]1(O)C(=O)OCc2c1cc1n(c2=O)Cc2c-1nc1cc(F)c(C)c3c1c2C(C(=O)NCCO)CC3. The second-order valence-electron chi connectivity index (χ2n) is 9.92. The highest BCUT2D eigenvalue weighted by atomic mass is 19.1. The first-order chi connectivity index (χ1) is 17.7. The third-order valence-electron chi connectivity index (χ3n) is 8.11. The molecule has 2 aliphatic heterocycles. The number of aliphatic hydroxyl groups excluding tert-OH is 1. The molecule has 1 aliphatic carbocycles. The second-order valence-corrected chi connectivity index (χ2v) is 9.92. The number of pyridine rings is 2. The molecule has 4 heterocycles. The van der Waals surface area contributed by atoms with E-state index < -0.39 is 28.9 Å². The predicted octanol–water partition coefficient (Wildman–Crippen LogP) is 1.67. The van der Waals surface area contributed by atoms with E-state index in [9.17, 15) is 29.0 Å². The molecule has 10 heteroatoms. The molecule has 0 radical (unpaired) electrons. The topological polar surface area (TPSA) is 131 Å². The summed E-state index contributed by atoms with van der Waals surface area (Å²) in [4.78, 5) is 44.0. The molecule has 1 aromatic carbocycles. The Bertz CT molecular complexity index is 1600. The normalized spacial score (nSPS) is 21.3. The van der Waals surface area contributed by atoms with Crippen molar-refractivity contribution in [3.05, 3.63) is 61.7 Å². The summed E-state index contributed by atoms with van der Waals surface area (Å²) in [5.74, 6) is -2.03. The van der Waals surface area contributed by atoms with Gasteiger partial charge in [0.2, 0.25) is 5.91 Å². The number of amides is 1. The van der Waals surface area contributed by atoms with E-state index >= 15 is 0 Å². The molecule has 192 valence electrons. The monoisotopic (exact) mass is 507 g/mol. The Kier molecular flexibility index (Phi) is 5.26. The minimum Gasteiger partial charge on any atom is -0.458 e. The lowest BCUT2D eigenvalue weighted by molar-refractivity contribution is -0.172. The van der Waals surface area contributed by atoms with Crippen molar-refractivity contribution in [3.63, 3.8) is 0 Å². The van der Waals surface area contributed by atoms with Gasteiger partial charge in [0.15, 0.2) is 5.60 Å². The molecule has 9 nitrogen and oxygen atoms in total. The van der Waals surface area contributed by atoms with Gasteiger partial charge in [0.1, 0.15) is 12.4 Å². The van der Waals surface area contributed by atoms with E-state index in [4.69, 9.17) is 9.72 Å². The molecular formula is C27H26FN3O6. The molecule has 3 aromatic rings. The van der Waals surface area contributed by atoms with Crippen LogP contribution in [-0.2, 0) is 39.5 Å². The highest BCUT2D eigenvalue weighted by molar-refractivity contribution is 5.98. The van der Waals surface area contributed by atoms with Crippen molar-refractivity contribution < 1.29 is 28.9 Å². The molecule has 0 fully saturated rings. The van der Waals surface area contributed by atoms with Crippen LogP contribution in [0.2, 0.25) is 0 Å². The Morgan fingerprint density at radius 1 is 1.30 bits per heavy atom. The number of fused-ring (bicyclic) bond motifs is 5. The fourth-order valence-corrected chi connectivity index (χ4v) is 6.12. The molecule has 0 saturated heterocycles. The van der Waals surface area contributed by atoms with E-state index in [1.165, 1.54) is 10.6 Å². The van der Waals surface area contributed by atoms with E-state index in [1.54, 1.807) is 19.9 Å². The van der Waals surface area contributed by atoms with E-state index in [0.29, 0.717) is 46.4 Å². The Morgan fingerprint density at radius 2 is 2.08 bits per heavy atom. The van der Waals surface area contributed by atoms with E-state index in [1.807, 2.05) is 0 Å². The fraction of sp³-hybridized carbons (Fsp3) is 0.407. The summed E-state index contributed by atoms with van der Waals surface area (Å²) in [5.41, 5.74) is 1.96. The van der Waals surface area contributed by atoms with Crippen LogP contribution in [0.5, 0.6) is 0 Å². The zero-order valence-corrected chi connectivity index (χ0v) is 20.5. The molecular weight excluding hydrogens is 481 g/mol. The minimum absolute atomic E-state index is 0.0198. The van der Waals surface area contributed by atoms with Crippen molar-refractivity contribution in [2.45, 2.75) is 57.8 Å². The lowest BCUT2D eigenvalue weighted by atomic mass is 9.77. The number of cyclic esters (lactones) is 1. The predicted molar refractivity (Wildman–Crippen MR) is 130 cm³/mol. The van der Waals surface area contributed by atoms with Crippen LogP contribution in [0, 0.1) is 12.7 Å². The molecule has 0 spiro atoms. The third kappa shape index (κ3) is 3.15. The van der Waals surface area contributed by atoms with Crippen molar-refractivity contribution in [2.24, 2.45) is 0 Å². The average Bonchev–Trinajstić information content (AvgIpc) is 3.26. The van der Waals surface area contributed by atoms with Gasteiger partial charge in [0.05, 0.1) is 41.5 Å². The number of nitrogens with zero attached hydrogens (tertiary/aromatic N) is 2. The van der Waals surface area contributed by atoms with Gasteiger partial charge in [-0.1, -0.05) is 6.92 Å². The fourth-order valence-electron chi connectivity index (χ4n) is 6.12. The highest BCUT2D eigenvalue weighted by Gasteiger charge is 2.46. The second kappa shape index (κ2) is 8.19. The molecule has 0 saturated carbocycles. The van der Waals surface area contributed by atoms with Gasteiger partial charge in [0.25, 0.3) is 5.56 Å². The Balaban J connectivity index is 1.65. The van der Waals surface area contributed by atoms with Crippen LogP contribution in [0.3, 0.4) is 0 Å². The first-order valence-electron chi connectivity index (χ1n) is 12.4. The molecule has 2 aromatic heterocycles. The van der Waals surface area contributed by atoms with Crippen LogP contribution in [0.4, 0.5) is 4.39 Å². The summed E-state index contributed by atoms with van der Waals surface area (Å²) in [7, 11) is 0. The van der Waals surface area contributed by atoms with Crippen molar-refractivity contribution in [1.29, 1.82) is 0 Å². The van der Waals surface area contributed by atoms with E-state index in [0.717, 1.165) is 10.9 Å². The van der Waals surface area contributed by atoms with Gasteiger partial charge in [-0.3, -0.25) is 9.59 Å². The van der Waals surface area contributed by atoms with E-state index in [-0.39, 0.29) is 49.8 Å². The number of carbonyl (C=O) groups excluding carboxylic acids is 2. The lowest BCUT2D eigenvalue weighted by Crippen LogP contribution is -2.44. The summed E-state index contributed by atoms with van der Waals surface area (Å²) in [6, 6.07) is 2.96. The number of aryl methyl sites for hydroxylation is 1. The zero-order chi connectivity index (χ0) is 26.2. The maximum Gasteiger partial charge on any atom is 0.343 e. The van der Waals surface area contributed by atoms with Crippen LogP contribution >= 0.6 is 0 Å². The quantitative estimate of drug-likeness (QED) is 0.358. The molecule has 0 bridgehead atoms. The minimum atomic E-state index is -1.96. The summed E-state index contributed by atoms with van der Waals surface area (Å²) in [6.45, 7) is 3.16. The third-order valence-corrected chi connectivity index (χ3v) is 8.11. The van der Waals surface area contributed by atoms with Crippen molar-refractivity contribution in [1.82, 2.24) is 14.9 Å². The van der Waals surface area contributed by atoms with Crippen LogP contribution in [0.25, 0.3) is 22.3 Å². The number of ether oxygens (including phenoxy) is 1. The first kappa shape index (κ1) is 23.7. The Labute approximate surface area is 210 Å². The zero-order valence-electron chi connectivity index (χ0n) is 20.5. The van der Waals surface area contributed by atoms with Crippen molar-refractivity contribution in [2.75, 3.05) is 13.2 Å². The van der Waals surface area contributed by atoms with Crippen molar-refractivity contribution >= 4 is 22.8 Å². The van der Waals surface area contributed by atoms with Gasteiger partial charge in [-0.2, -0.15) is 0 Å². The molecule has 3 N–H and O–H groups in total. The number of hydrogen-bond acceptors (Lipinski definition) is 7. The molecule has 37 heavy (non-hydrogen) atoms. The molecule has 3 aliphatic rings. The van der Waals surface area contributed by atoms with Crippen LogP contribution in [0.15, 0.2) is 16.9 Å². The van der Waals surface area contributed by atoms with Gasteiger partial charge >= 0.3 is 5.97 Å². The Hall–Kier alpha value is -3.63. The smallest absolute Gasteiger partial charge is 0.343 e. The highest BCUT2D eigenvalue weighted by Crippen LogP contribution is 2.46. The largest absolute Gasteiger partial charge is 0.458 e. The standard InChI is InChI=1S/C27H26FN3O6/c1-3-27(36)17-8-20-23-15(10-31(20)25(34)16(17)11-37-26(27)35)21-14(24(33)29-6-7-32)5-4-13-12(2)18(28)9-19(30-23)22(13)21/h8-9,14,32,36H,3-7,10-11H2,1-2H3,(H,29,33)/t14?,27-/m0/s1. The number of halogens is 1. The Morgan fingerprint density at radius 3 is 2.81 bits per heavy atom. The van der Waals surface area contributed by atoms with Gasteiger partial charge in [-0.05, 0) is 48.9 Å². The summed E-state index contributed by atoms with van der Waals surface area (Å²) in [6.07, 6.45) is 0.959. The number of rotatable bonds is 4. The van der Waals surface area contributed by atoms with Gasteiger partial charge < -0.3 is 24.8 Å². The van der Waals surface area contributed by atoms with Crippen LogP contribution in [-0.4, -0.2) is 44.8 Å². The maximum absolute atomic E-state index is 14.9. The number of aromatic nitrogens is 2. The maximum atomic E-state index is 14.9. The van der Waals surface area contributed by atoms with E-state index in [2.05, 4.69) is 5.32 Å². The first-order valence-corrected chi connectivity index (χ1v) is 12.4. The molecule has 1 unspecified atom stereocenters. The number of aliphatic hydroxyl groups is 2. The van der Waals surface area contributed by atoms with Crippen LogP contribution in [0.1, 0.15) is 59.1 Å².